The summed E-state index contributed by atoms with van der Waals surface area (Å²) in [6.45, 7) is 7.82. The maximum absolute atomic E-state index is 13.3. The summed E-state index contributed by atoms with van der Waals surface area (Å²) < 4.78 is 31.4. The fourth-order valence-corrected chi connectivity index (χ4v) is 5.65. The number of carbonyl (C=O) groups excluding carboxylic acids is 2. The normalized spacial score (nSPS) is 20.6. The Hall–Kier alpha value is -3.05. The van der Waals surface area contributed by atoms with Crippen LogP contribution in [0.3, 0.4) is 0 Å². The Labute approximate surface area is 224 Å². The number of likely N-dealkylation sites (tertiary alicyclic amines) is 1. The van der Waals surface area contributed by atoms with Gasteiger partial charge in [-0.3, -0.25) is 14.5 Å². The zero-order valence-electron chi connectivity index (χ0n) is 22.3. The van der Waals surface area contributed by atoms with Crippen molar-refractivity contribution in [1.29, 1.82) is 0 Å². The second-order valence-corrected chi connectivity index (χ2v) is 12.2. The Bertz CT molecular complexity index is 1310. The number of benzene rings is 2. The van der Waals surface area contributed by atoms with Gasteiger partial charge in [0.2, 0.25) is 10.0 Å². The number of carbonyl (C=O) groups is 2. The Balaban J connectivity index is 1.74. The summed E-state index contributed by atoms with van der Waals surface area (Å²) in [4.78, 5) is 30.3. The minimum Gasteiger partial charge on any atom is -0.507 e. The van der Waals surface area contributed by atoms with E-state index in [0.29, 0.717) is 32.2 Å². The molecule has 2 saturated heterocycles. The molecule has 0 saturated carbocycles. The molecule has 0 bridgehead atoms. The van der Waals surface area contributed by atoms with Gasteiger partial charge in [0, 0.05) is 45.8 Å². The van der Waals surface area contributed by atoms with E-state index in [9.17, 15) is 23.1 Å². The van der Waals surface area contributed by atoms with Gasteiger partial charge in [0.05, 0.1) is 29.7 Å². The lowest BCUT2D eigenvalue weighted by Crippen LogP contribution is -2.42. The molecule has 0 spiro atoms. The second-order valence-electron chi connectivity index (χ2n) is 10.1. The van der Waals surface area contributed by atoms with E-state index < -0.39 is 27.8 Å². The van der Waals surface area contributed by atoms with E-state index in [0.717, 1.165) is 28.5 Å². The fraction of sp³-hybridized carbons (Fsp3) is 0.429. The third-order valence-electron chi connectivity index (χ3n) is 7.13. The molecule has 2 heterocycles. The molecular formula is C28H35N3O6S. The number of ketones is 1. The van der Waals surface area contributed by atoms with Crippen molar-refractivity contribution in [2.75, 3.05) is 53.5 Å². The van der Waals surface area contributed by atoms with Gasteiger partial charge in [-0.05, 0) is 41.3 Å². The molecular weight excluding hydrogens is 506 g/mol. The van der Waals surface area contributed by atoms with Crippen molar-refractivity contribution in [2.45, 2.75) is 30.7 Å². The third-order valence-corrected chi connectivity index (χ3v) is 8.96. The van der Waals surface area contributed by atoms with Crippen LogP contribution in [0.25, 0.3) is 5.76 Å². The number of hydrogen-bond donors (Lipinski definition) is 1. The van der Waals surface area contributed by atoms with E-state index in [1.807, 2.05) is 24.3 Å². The first-order valence-electron chi connectivity index (χ1n) is 12.7. The highest BCUT2D eigenvalue weighted by molar-refractivity contribution is 7.89. The zero-order chi connectivity index (χ0) is 27.6. The molecule has 10 heteroatoms. The number of aliphatic hydroxyl groups is 1. The van der Waals surface area contributed by atoms with Crippen LogP contribution in [0.2, 0.25) is 0 Å². The quantitative estimate of drug-likeness (QED) is 0.311. The van der Waals surface area contributed by atoms with Gasteiger partial charge in [-0.15, -0.1) is 0 Å². The van der Waals surface area contributed by atoms with Crippen molar-refractivity contribution in [3.63, 3.8) is 0 Å². The highest BCUT2D eigenvalue weighted by Gasteiger charge is 2.46. The van der Waals surface area contributed by atoms with Gasteiger partial charge < -0.3 is 14.7 Å². The van der Waals surface area contributed by atoms with Crippen LogP contribution in [0.5, 0.6) is 0 Å². The lowest BCUT2D eigenvalue weighted by molar-refractivity contribution is -0.140. The molecule has 1 N–H and O–H groups in total. The Morgan fingerprint density at radius 3 is 2.16 bits per heavy atom. The van der Waals surface area contributed by atoms with Gasteiger partial charge in [-0.1, -0.05) is 38.1 Å². The van der Waals surface area contributed by atoms with Gasteiger partial charge in [-0.2, -0.15) is 0 Å². The topological polar surface area (TPSA) is 107 Å². The van der Waals surface area contributed by atoms with E-state index >= 15 is 0 Å². The number of nitrogens with zero attached hydrogens (tertiary/aromatic N) is 3. The first kappa shape index (κ1) is 28.0. The fourth-order valence-electron chi connectivity index (χ4n) is 4.75. The second kappa shape index (κ2) is 11.4. The van der Waals surface area contributed by atoms with Crippen LogP contribution < -0.4 is 0 Å². The van der Waals surface area contributed by atoms with E-state index in [-0.39, 0.29) is 21.8 Å². The molecule has 1 amide bonds. The summed E-state index contributed by atoms with van der Waals surface area (Å²) in [6, 6.07) is 12.6. The molecule has 204 valence electrons. The molecule has 0 radical (unpaired) electrons. The monoisotopic (exact) mass is 541 g/mol. The zero-order valence-corrected chi connectivity index (χ0v) is 23.1. The van der Waals surface area contributed by atoms with Gasteiger partial charge in [0.1, 0.15) is 5.76 Å². The van der Waals surface area contributed by atoms with Gasteiger partial charge >= 0.3 is 0 Å². The van der Waals surface area contributed by atoms with Crippen LogP contribution in [0, 0.1) is 0 Å². The third kappa shape index (κ3) is 5.54. The van der Waals surface area contributed by atoms with E-state index in [1.165, 1.54) is 43.3 Å². The Kier molecular flexibility index (Phi) is 8.37. The molecule has 2 aliphatic heterocycles. The summed E-state index contributed by atoms with van der Waals surface area (Å²) in [5.41, 5.74) is 2.11. The number of ether oxygens (including phenoxy) is 1. The molecule has 4 rings (SSSR count). The number of rotatable bonds is 8. The Morgan fingerprint density at radius 2 is 1.61 bits per heavy atom. The molecule has 2 aromatic carbocycles. The summed E-state index contributed by atoms with van der Waals surface area (Å²) in [6.07, 6.45) is 0. The van der Waals surface area contributed by atoms with E-state index in [1.54, 1.807) is 0 Å². The lowest BCUT2D eigenvalue weighted by atomic mass is 9.93. The minimum atomic E-state index is -3.66. The van der Waals surface area contributed by atoms with E-state index in [4.69, 9.17) is 4.74 Å². The molecule has 2 aliphatic rings. The van der Waals surface area contributed by atoms with Crippen LogP contribution in [-0.4, -0.2) is 92.8 Å². The smallest absolute Gasteiger partial charge is 0.295 e. The number of aliphatic hydroxyl groups excluding tert-OH is 1. The first-order chi connectivity index (χ1) is 18.0. The highest BCUT2D eigenvalue weighted by atomic mass is 32.2. The first-order valence-corrected chi connectivity index (χ1v) is 14.2. The summed E-state index contributed by atoms with van der Waals surface area (Å²) >= 11 is 0. The standard InChI is InChI=1S/C28H35N3O6S/c1-19(2)20-5-7-21(8-6-20)25-24(26(32)22-9-11-23(12-10-22)38(35,36)29(3)4)27(33)28(34)31(25)14-13-30-15-17-37-18-16-30/h5-12,19,25,32H,13-18H2,1-4H3/t25-/m1/s1. The molecule has 9 nitrogen and oxygen atoms in total. The van der Waals surface area contributed by atoms with Gasteiger partial charge in [0.15, 0.2) is 0 Å². The molecule has 0 aliphatic carbocycles. The minimum absolute atomic E-state index is 0.00232. The maximum atomic E-state index is 13.3. The molecule has 38 heavy (non-hydrogen) atoms. The van der Waals surface area contributed by atoms with Crippen LogP contribution in [0.4, 0.5) is 0 Å². The molecule has 0 unspecified atom stereocenters. The van der Waals surface area contributed by atoms with Crippen molar-refractivity contribution in [2.24, 2.45) is 0 Å². The van der Waals surface area contributed by atoms with Crippen LogP contribution in [-0.2, 0) is 24.3 Å². The Morgan fingerprint density at radius 1 is 1.00 bits per heavy atom. The van der Waals surface area contributed by atoms with E-state index in [2.05, 4.69) is 18.7 Å². The molecule has 0 aromatic heterocycles. The number of sulfonamides is 1. The predicted molar refractivity (Wildman–Crippen MR) is 144 cm³/mol. The number of amides is 1. The van der Waals surface area contributed by atoms with Gasteiger partial charge in [-0.25, -0.2) is 12.7 Å². The SMILES string of the molecule is CC(C)c1ccc([C@@H]2C(=C(O)c3ccc(S(=O)(=O)N(C)C)cc3)C(=O)C(=O)N2CCN2CCOCC2)cc1. The summed E-state index contributed by atoms with van der Waals surface area (Å²) in [5, 5.41) is 11.3. The van der Waals surface area contributed by atoms with Crippen LogP contribution in [0.15, 0.2) is 59.0 Å². The number of morpholine rings is 1. The molecule has 2 aromatic rings. The molecule has 1 atom stereocenters. The van der Waals surface area contributed by atoms with Crippen LogP contribution >= 0.6 is 0 Å². The average Bonchev–Trinajstić information content (AvgIpc) is 3.17. The van der Waals surface area contributed by atoms with Crippen molar-refractivity contribution in [1.82, 2.24) is 14.1 Å². The summed E-state index contributed by atoms with van der Waals surface area (Å²) in [7, 11) is -0.784. The maximum Gasteiger partial charge on any atom is 0.295 e. The average molecular weight is 542 g/mol. The van der Waals surface area contributed by atoms with Gasteiger partial charge in [0.25, 0.3) is 11.7 Å². The summed E-state index contributed by atoms with van der Waals surface area (Å²) in [5.74, 6) is -1.44. The highest BCUT2D eigenvalue weighted by Crippen LogP contribution is 2.39. The van der Waals surface area contributed by atoms with Crippen molar-refractivity contribution < 1.29 is 27.9 Å². The van der Waals surface area contributed by atoms with Crippen molar-refractivity contribution in [3.8, 4) is 0 Å². The van der Waals surface area contributed by atoms with Crippen LogP contribution in [0.1, 0.15) is 42.5 Å². The lowest BCUT2D eigenvalue weighted by Gasteiger charge is -2.31. The predicted octanol–water partition coefficient (Wildman–Crippen LogP) is 2.81. The number of Topliss-reactive ketones (excluding diaryl/α,β-unsaturated/α-hetero) is 1. The van der Waals surface area contributed by atoms with Crippen molar-refractivity contribution in [3.05, 3.63) is 70.8 Å². The number of hydrogen-bond acceptors (Lipinski definition) is 7. The van der Waals surface area contributed by atoms with Crippen molar-refractivity contribution >= 4 is 27.5 Å². The largest absolute Gasteiger partial charge is 0.507 e. The molecule has 2 fully saturated rings.